The van der Waals surface area contributed by atoms with Crippen LogP contribution in [0.1, 0.15) is 49.7 Å². The van der Waals surface area contributed by atoms with Crippen molar-refractivity contribution in [2.45, 2.75) is 63.8 Å². The van der Waals surface area contributed by atoms with E-state index in [0.717, 1.165) is 24.0 Å². The van der Waals surface area contributed by atoms with Gasteiger partial charge in [-0.1, -0.05) is 72.2 Å². The van der Waals surface area contributed by atoms with Gasteiger partial charge in [0.25, 0.3) is 0 Å². The minimum absolute atomic E-state index is 0. The highest BCUT2D eigenvalue weighted by atomic mass is 35.5. The molecule has 2 aromatic carbocycles. The number of carbonyl (C=O) groups is 4. The summed E-state index contributed by atoms with van der Waals surface area (Å²) < 4.78 is 19.2. The monoisotopic (exact) mass is 734 g/mol. The fourth-order valence-electron chi connectivity index (χ4n) is 3.57. The standard InChI is InChI=1S/C15H20N4O4.C15H22N2O4.CH2Cl2.ClH/c1-22-14(20)13(18-19-16)9-5-6-10-17-15(21)23-11-12-7-3-2-4-8-12;1-20-14(18)13(16)9-5-6-10-17-15(19)21-11-12-7-3-2-4-8-12;2-1-3;/h2-4,7-8,13H,5-6,9-11H2,1H3,(H,17,21);2-4,7-8,13H,5-6,9-11,16H2,1H3,(H,17,19);1H2;1H/t2*13-;;/m00../s1. The van der Waals surface area contributed by atoms with Gasteiger partial charge in [0.05, 0.1) is 19.6 Å². The predicted octanol–water partition coefficient (Wildman–Crippen LogP) is 6.36. The molecule has 0 fully saturated rings. The minimum atomic E-state index is -0.824. The molecule has 4 N–H and O–H groups in total. The van der Waals surface area contributed by atoms with Crippen LogP contribution in [0.4, 0.5) is 9.59 Å². The first-order valence-corrected chi connectivity index (χ1v) is 15.8. The lowest BCUT2D eigenvalue weighted by Crippen LogP contribution is -2.31. The average Bonchev–Trinajstić information content (AvgIpc) is 3.09. The molecule has 0 radical (unpaired) electrons. The first-order chi connectivity index (χ1) is 22.7. The van der Waals surface area contributed by atoms with E-state index >= 15 is 0 Å². The van der Waals surface area contributed by atoms with Crippen LogP contribution in [-0.4, -0.2) is 68.9 Å². The van der Waals surface area contributed by atoms with Crippen molar-refractivity contribution in [2.75, 3.05) is 32.6 Å². The number of unbranched alkanes of at least 4 members (excludes halogenated alkanes) is 2. The maximum atomic E-state index is 11.5. The van der Waals surface area contributed by atoms with Crippen molar-refractivity contribution in [1.82, 2.24) is 10.6 Å². The van der Waals surface area contributed by atoms with Crippen LogP contribution in [-0.2, 0) is 41.8 Å². The lowest BCUT2D eigenvalue weighted by Gasteiger charge is -2.09. The Morgan fingerprint density at radius 2 is 1.19 bits per heavy atom. The third-order valence-corrected chi connectivity index (χ3v) is 5.98. The summed E-state index contributed by atoms with van der Waals surface area (Å²) in [7, 11) is 2.55. The van der Waals surface area contributed by atoms with Crippen LogP contribution in [0.5, 0.6) is 0 Å². The van der Waals surface area contributed by atoms with Crippen molar-refractivity contribution in [3.63, 3.8) is 0 Å². The number of nitrogens with two attached hydrogens (primary N) is 1. The number of benzene rings is 2. The van der Waals surface area contributed by atoms with E-state index in [1.165, 1.54) is 14.2 Å². The van der Waals surface area contributed by atoms with Crippen molar-refractivity contribution in [2.24, 2.45) is 10.8 Å². The Kier molecular flexibility index (Phi) is 30.4. The Labute approximate surface area is 297 Å². The molecule has 0 spiro atoms. The van der Waals surface area contributed by atoms with Crippen LogP contribution in [0.25, 0.3) is 10.4 Å². The maximum Gasteiger partial charge on any atom is 0.407 e. The summed E-state index contributed by atoms with van der Waals surface area (Å²) in [5.74, 6) is -0.969. The SMILES string of the molecule is COC(=O)[C@@H](N)CCCCNC(=O)OCc1ccccc1.COC(=O)[C@H](CCCCNC(=O)OCc1ccccc1)N=[N+]=[N-].Cl.ClCCl. The summed E-state index contributed by atoms with van der Waals surface area (Å²) in [6, 6.07) is 17.4. The number of methoxy groups -OCH3 is 2. The number of ether oxygens (including phenoxy) is 4. The molecule has 0 heterocycles. The second kappa shape index (κ2) is 31.6. The average molecular weight is 736 g/mol. The minimum Gasteiger partial charge on any atom is -0.469 e. The number of hydrogen-bond acceptors (Lipinski definition) is 10. The molecule has 2 atom stereocenters. The van der Waals surface area contributed by atoms with Gasteiger partial charge in [-0.2, -0.15) is 0 Å². The summed E-state index contributed by atoms with van der Waals surface area (Å²) in [5.41, 5.74) is 15.8. The number of esters is 2. The van der Waals surface area contributed by atoms with E-state index in [1.807, 2.05) is 60.7 Å². The second-order valence-electron chi connectivity index (χ2n) is 9.44. The molecule has 0 aliphatic carbocycles. The molecule has 0 unspecified atom stereocenters. The van der Waals surface area contributed by atoms with E-state index in [-0.39, 0.29) is 31.0 Å². The van der Waals surface area contributed by atoms with Gasteiger partial charge in [0.2, 0.25) is 0 Å². The van der Waals surface area contributed by atoms with Crippen molar-refractivity contribution in [3.05, 3.63) is 82.2 Å². The molecule has 0 aliphatic rings. The Balaban J connectivity index is 0. The molecule has 0 saturated heterocycles. The van der Waals surface area contributed by atoms with Crippen LogP contribution < -0.4 is 16.4 Å². The summed E-state index contributed by atoms with van der Waals surface area (Å²) in [6.07, 6.45) is 2.67. The van der Waals surface area contributed by atoms with Gasteiger partial charge in [-0.3, -0.25) is 9.59 Å². The smallest absolute Gasteiger partial charge is 0.407 e. The normalized spacial score (nSPS) is 10.7. The van der Waals surface area contributed by atoms with Gasteiger partial charge in [-0.05, 0) is 48.8 Å². The van der Waals surface area contributed by atoms with E-state index in [9.17, 15) is 19.2 Å². The van der Waals surface area contributed by atoms with Gasteiger partial charge in [0.1, 0.15) is 25.3 Å². The van der Waals surface area contributed by atoms with Crippen LogP contribution in [0.15, 0.2) is 65.8 Å². The molecule has 48 heavy (non-hydrogen) atoms. The van der Waals surface area contributed by atoms with Crippen LogP contribution in [0, 0.1) is 0 Å². The fourth-order valence-corrected chi connectivity index (χ4v) is 3.57. The topological polar surface area (TPSA) is 204 Å². The van der Waals surface area contributed by atoms with Crippen molar-refractivity contribution >= 4 is 59.7 Å². The zero-order valence-electron chi connectivity index (χ0n) is 27.1. The van der Waals surface area contributed by atoms with Crippen molar-refractivity contribution in [3.8, 4) is 0 Å². The lowest BCUT2D eigenvalue weighted by molar-refractivity contribution is -0.143. The Bertz CT molecular complexity index is 1200. The highest BCUT2D eigenvalue weighted by Crippen LogP contribution is 2.07. The second-order valence-corrected chi connectivity index (χ2v) is 10.3. The highest BCUT2D eigenvalue weighted by molar-refractivity contribution is 6.40. The van der Waals surface area contributed by atoms with Crippen LogP contribution >= 0.6 is 35.6 Å². The van der Waals surface area contributed by atoms with Gasteiger partial charge in [0.15, 0.2) is 0 Å². The van der Waals surface area contributed by atoms with Gasteiger partial charge >= 0.3 is 24.1 Å². The molecule has 2 rings (SSSR count). The highest BCUT2D eigenvalue weighted by Gasteiger charge is 2.16. The molecule has 17 heteroatoms. The van der Waals surface area contributed by atoms with Crippen molar-refractivity contribution < 1.29 is 38.1 Å². The zero-order valence-corrected chi connectivity index (χ0v) is 29.4. The summed E-state index contributed by atoms with van der Waals surface area (Å²) in [6.45, 7) is 1.37. The first kappa shape index (κ1) is 46.2. The number of halogens is 3. The van der Waals surface area contributed by atoms with Crippen molar-refractivity contribution in [1.29, 1.82) is 0 Å². The number of amides is 2. The van der Waals surface area contributed by atoms with Gasteiger partial charge in [0, 0.05) is 18.0 Å². The number of nitrogens with zero attached hydrogens (tertiary/aromatic N) is 3. The maximum absolute atomic E-state index is 11.5. The van der Waals surface area contributed by atoms with E-state index in [2.05, 4.69) is 30.1 Å². The molecule has 2 aromatic rings. The number of nitrogens with one attached hydrogen (secondary N) is 2. The Hall–Kier alpha value is -3.94. The molecule has 2 amide bonds. The molecule has 268 valence electrons. The van der Waals surface area contributed by atoms with E-state index in [0.29, 0.717) is 38.8 Å². The first-order valence-electron chi connectivity index (χ1n) is 14.7. The number of hydrogen-bond donors (Lipinski definition) is 3. The lowest BCUT2D eigenvalue weighted by atomic mass is 10.1. The molecular formula is C31H45Cl3N6O8. The Morgan fingerprint density at radius 1 is 0.771 bits per heavy atom. The summed E-state index contributed by atoms with van der Waals surface area (Å²) in [4.78, 5) is 47.9. The number of azide groups is 1. The Morgan fingerprint density at radius 3 is 1.58 bits per heavy atom. The number of alkyl carbamates (subject to hydrolysis) is 2. The van der Waals surface area contributed by atoms with E-state index in [1.54, 1.807) is 0 Å². The fraction of sp³-hybridized carbons (Fsp3) is 0.484. The molecule has 0 bridgehead atoms. The molecule has 0 aromatic heterocycles. The quantitative estimate of drug-likeness (QED) is 0.0314. The van der Waals surface area contributed by atoms with Gasteiger partial charge < -0.3 is 35.3 Å². The largest absolute Gasteiger partial charge is 0.469 e. The summed E-state index contributed by atoms with van der Waals surface area (Å²) in [5, 5.41) is 8.85. The summed E-state index contributed by atoms with van der Waals surface area (Å²) >= 11 is 9.53. The van der Waals surface area contributed by atoms with E-state index in [4.69, 9.17) is 43.9 Å². The molecular weight excluding hydrogens is 691 g/mol. The predicted molar refractivity (Wildman–Crippen MR) is 186 cm³/mol. The van der Waals surface area contributed by atoms with Gasteiger partial charge in [-0.25, -0.2) is 9.59 Å². The third-order valence-electron chi connectivity index (χ3n) is 5.98. The van der Waals surface area contributed by atoms with Gasteiger partial charge in [-0.15, -0.1) is 35.6 Å². The number of rotatable bonds is 17. The number of alkyl halides is 2. The molecule has 0 saturated carbocycles. The molecule has 14 nitrogen and oxygen atoms in total. The molecule has 0 aliphatic heterocycles. The van der Waals surface area contributed by atoms with Crippen LogP contribution in [0.3, 0.4) is 0 Å². The zero-order chi connectivity index (χ0) is 35.1. The number of carbonyl (C=O) groups excluding carboxylic acids is 4. The third kappa shape index (κ3) is 25.2. The van der Waals surface area contributed by atoms with Crippen LogP contribution in [0.2, 0.25) is 0 Å². The van der Waals surface area contributed by atoms with E-state index < -0.39 is 36.2 Å².